The van der Waals surface area contributed by atoms with Gasteiger partial charge in [-0.3, -0.25) is 4.79 Å². The number of carbonyl (C=O) groups is 2. The van der Waals surface area contributed by atoms with Crippen molar-refractivity contribution in [3.63, 3.8) is 0 Å². The minimum Gasteiger partial charge on any atom is -0.443 e. The Kier molecular flexibility index (Phi) is 3.42. The van der Waals surface area contributed by atoms with Gasteiger partial charge in [-0.25, -0.2) is 14.4 Å². The third kappa shape index (κ3) is 3.14. The number of fused-ring (bicyclic) bond motifs is 1. The average Bonchev–Trinajstić information content (AvgIpc) is 2.71. The van der Waals surface area contributed by atoms with Crippen molar-refractivity contribution in [2.24, 2.45) is 0 Å². The molecule has 0 unspecified atom stereocenters. The van der Waals surface area contributed by atoms with Crippen LogP contribution in [0.2, 0.25) is 0 Å². The van der Waals surface area contributed by atoms with Gasteiger partial charge in [-0.05, 0) is 20.8 Å². The molecular weight excluding hydrogens is 293 g/mol. The molecule has 1 aromatic heterocycles. The van der Waals surface area contributed by atoms with Crippen LogP contribution in [-0.4, -0.2) is 43.8 Å². The number of hydrogen-bond donors (Lipinski definition) is 0. The van der Waals surface area contributed by atoms with Gasteiger partial charge in [0.15, 0.2) is 0 Å². The second kappa shape index (κ2) is 4.71. The van der Waals surface area contributed by atoms with Crippen LogP contribution in [0, 0.1) is 0 Å². The number of imide groups is 1. The van der Waals surface area contributed by atoms with Crippen LogP contribution in [0.3, 0.4) is 0 Å². The van der Waals surface area contributed by atoms with Crippen molar-refractivity contribution in [2.75, 3.05) is 6.54 Å². The molecule has 2 amide bonds. The molecule has 0 aliphatic carbocycles. The first-order valence-electron chi connectivity index (χ1n) is 6.06. The van der Waals surface area contributed by atoms with Gasteiger partial charge >= 0.3 is 18.2 Å². The monoisotopic (exact) mass is 306 g/mol. The molecule has 0 saturated heterocycles. The van der Waals surface area contributed by atoms with Crippen LogP contribution in [0.1, 0.15) is 37.2 Å². The molecule has 0 fully saturated rings. The van der Waals surface area contributed by atoms with E-state index in [0.717, 1.165) is 9.58 Å². The van der Waals surface area contributed by atoms with E-state index in [0.29, 0.717) is 0 Å². The zero-order chi connectivity index (χ0) is 16.0. The fourth-order valence-corrected chi connectivity index (χ4v) is 1.68. The summed E-state index contributed by atoms with van der Waals surface area (Å²) < 4.78 is 43.4. The highest BCUT2D eigenvalue weighted by Gasteiger charge is 2.41. The molecule has 0 saturated carbocycles. The van der Waals surface area contributed by atoms with E-state index in [1.54, 1.807) is 20.8 Å². The summed E-state index contributed by atoms with van der Waals surface area (Å²) in [4.78, 5) is 27.7. The fourth-order valence-electron chi connectivity index (χ4n) is 1.68. The van der Waals surface area contributed by atoms with E-state index in [2.05, 4.69) is 10.1 Å². The highest BCUT2D eigenvalue weighted by Crippen LogP contribution is 2.27. The Morgan fingerprint density at radius 2 is 1.86 bits per heavy atom. The van der Waals surface area contributed by atoms with Crippen LogP contribution >= 0.6 is 0 Å². The maximum atomic E-state index is 12.5. The molecule has 0 N–H and O–H groups in total. The minimum absolute atomic E-state index is 0.0661. The fraction of sp³-hybridized carbons (Fsp3) is 0.636. The number of nitrogens with zero attached hydrogens (tertiary/aromatic N) is 4. The lowest BCUT2D eigenvalue weighted by Gasteiger charge is -2.28. The van der Waals surface area contributed by atoms with Crippen LogP contribution in [0.15, 0.2) is 0 Å². The number of rotatable bonds is 0. The summed E-state index contributed by atoms with van der Waals surface area (Å²) in [5.41, 5.74) is -0.820. The van der Waals surface area contributed by atoms with Crippen molar-refractivity contribution in [2.45, 2.75) is 39.1 Å². The third-order valence-electron chi connectivity index (χ3n) is 2.51. The summed E-state index contributed by atoms with van der Waals surface area (Å²) in [6, 6.07) is 0. The molecule has 0 atom stereocenters. The van der Waals surface area contributed by atoms with E-state index in [1.807, 2.05) is 0 Å². The Balaban J connectivity index is 2.25. The standard InChI is InChI=1S/C11H13F3N4O3/c1-10(2,3)21-9(20)17-4-5-18-6(7(17)19)15-8(16-18)11(12,13)14/h4-5H2,1-3H3. The summed E-state index contributed by atoms with van der Waals surface area (Å²) in [6.07, 6.45) is -5.67. The van der Waals surface area contributed by atoms with Gasteiger partial charge in [-0.15, -0.1) is 5.10 Å². The van der Waals surface area contributed by atoms with Gasteiger partial charge in [0.1, 0.15) is 5.60 Å². The Morgan fingerprint density at radius 3 is 2.38 bits per heavy atom. The molecule has 1 aromatic rings. The summed E-state index contributed by atoms with van der Waals surface area (Å²) in [5, 5.41) is 3.22. The molecule has 0 bridgehead atoms. The summed E-state index contributed by atoms with van der Waals surface area (Å²) >= 11 is 0. The lowest BCUT2D eigenvalue weighted by molar-refractivity contribution is -0.145. The Morgan fingerprint density at radius 1 is 1.24 bits per heavy atom. The van der Waals surface area contributed by atoms with E-state index >= 15 is 0 Å². The quantitative estimate of drug-likeness (QED) is 0.729. The van der Waals surface area contributed by atoms with E-state index in [9.17, 15) is 22.8 Å². The van der Waals surface area contributed by atoms with Crippen LogP contribution in [0.5, 0.6) is 0 Å². The number of amides is 2. The van der Waals surface area contributed by atoms with Crippen LogP contribution in [0.25, 0.3) is 0 Å². The molecule has 0 aromatic carbocycles. The Hall–Kier alpha value is -2.13. The van der Waals surface area contributed by atoms with Gasteiger partial charge < -0.3 is 4.74 Å². The normalized spacial score (nSPS) is 15.9. The molecule has 1 aliphatic rings. The van der Waals surface area contributed by atoms with E-state index in [1.165, 1.54) is 0 Å². The van der Waals surface area contributed by atoms with Crippen LogP contribution < -0.4 is 0 Å². The second-order valence-corrected chi connectivity index (χ2v) is 5.42. The first-order chi connectivity index (χ1) is 9.49. The SMILES string of the molecule is CC(C)(C)OC(=O)N1CCn2nc(C(F)(F)F)nc2C1=O. The third-order valence-corrected chi connectivity index (χ3v) is 2.51. The predicted octanol–water partition coefficient (Wildman–Crippen LogP) is 1.69. The van der Waals surface area contributed by atoms with E-state index < -0.39 is 35.4 Å². The van der Waals surface area contributed by atoms with Gasteiger partial charge in [-0.2, -0.15) is 18.2 Å². The lowest BCUT2D eigenvalue weighted by Crippen LogP contribution is -2.46. The largest absolute Gasteiger partial charge is 0.453 e. The molecule has 1 aliphatic heterocycles. The number of hydrogen-bond acceptors (Lipinski definition) is 5. The van der Waals surface area contributed by atoms with Gasteiger partial charge in [0.05, 0.1) is 13.1 Å². The Bertz CT molecular complexity index is 589. The van der Waals surface area contributed by atoms with Gasteiger partial charge in [0.2, 0.25) is 5.82 Å². The number of aromatic nitrogens is 3. The molecular formula is C11H13F3N4O3. The van der Waals surface area contributed by atoms with Crippen molar-refractivity contribution < 1.29 is 27.5 Å². The molecule has 0 spiro atoms. The topological polar surface area (TPSA) is 77.3 Å². The summed E-state index contributed by atoms with van der Waals surface area (Å²) in [6.45, 7) is 4.65. The summed E-state index contributed by atoms with van der Waals surface area (Å²) in [7, 11) is 0. The predicted molar refractivity (Wildman–Crippen MR) is 62.3 cm³/mol. The molecule has 21 heavy (non-hydrogen) atoms. The summed E-state index contributed by atoms with van der Waals surface area (Å²) in [5.74, 6) is -2.89. The zero-order valence-electron chi connectivity index (χ0n) is 11.6. The smallest absolute Gasteiger partial charge is 0.443 e. The number of ether oxygens (including phenoxy) is 1. The van der Waals surface area contributed by atoms with Crippen LogP contribution in [-0.2, 0) is 17.5 Å². The van der Waals surface area contributed by atoms with Crippen molar-refractivity contribution in [3.05, 3.63) is 11.6 Å². The van der Waals surface area contributed by atoms with E-state index in [4.69, 9.17) is 4.74 Å². The highest BCUT2D eigenvalue weighted by molar-refractivity contribution is 6.01. The molecule has 2 heterocycles. The molecule has 116 valence electrons. The van der Waals surface area contributed by atoms with Crippen molar-refractivity contribution in [1.82, 2.24) is 19.7 Å². The van der Waals surface area contributed by atoms with Gasteiger partial charge in [0.25, 0.3) is 5.82 Å². The lowest BCUT2D eigenvalue weighted by atomic mass is 10.2. The molecule has 10 heteroatoms. The average molecular weight is 306 g/mol. The number of halogens is 3. The molecule has 2 rings (SSSR count). The van der Waals surface area contributed by atoms with E-state index in [-0.39, 0.29) is 13.1 Å². The van der Waals surface area contributed by atoms with Crippen molar-refractivity contribution in [3.8, 4) is 0 Å². The zero-order valence-corrected chi connectivity index (χ0v) is 11.6. The van der Waals surface area contributed by atoms with Crippen molar-refractivity contribution >= 4 is 12.0 Å². The highest BCUT2D eigenvalue weighted by atomic mass is 19.4. The van der Waals surface area contributed by atoms with Crippen LogP contribution in [0.4, 0.5) is 18.0 Å². The minimum atomic E-state index is -4.75. The van der Waals surface area contributed by atoms with Crippen molar-refractivity contribution in [1.29, 1.82) is 0 Å². The molecule has 7 nitrogen and oxygen atoms in total. The van der Waals surface area contributed by atoms with Gasteiger partial charge in [-0.1, -0.05) is 0 Å². The first kappa shape index (κ1) is 15.3. The second-order valence-electron chi connectivity index (χ2n) is 5.42. The Labute approximate surface area is 117 Å². The number of alkyl halides is 3. The maximum Gasteiger partial charge on any atom is 0.453 e. The molecule has 0 radical (unpaired) electrons. The first-order valence-corrected chi connectivity index (χ1v) is 6.06. The van der Waals surface area contributed by atoms with Gasteiger partial charge in [0, 0.05) is 0 Å². The maximum absolute atomic E-state index is 12.5. The number of carbonyl (C=O) groups excluding carboxylic acids is 2.